The van der Waals surface area contributed by atoms with Crippen LogP contribution < -0.4 is 10.1 Å². The summed E-state index contributed by atoms with van der Waals surface area (Å²) in [7, 11) is 1.62. The summed E-state index contributed by atoms with van der Waals surface area (Å²) in [6.07, 6.45) is 4.95. The molecule has 1 heterocycles. The number of aliphatic hydroxyl groups excluding tert-OH is 1. The molecule has 3 rings (SSSR count). The number of aliphatic hydroxyl groups is 1. The topological polar surface area (TPSA) is 78.9 Å². The van der Waals surface area contributed by atoms with Crippen LogP contribution in [0.3, 0.4) is 0 Å². The highest BCUT2D eigenvalue weighted by atomic mass is 16.5. The highest BCUT2D eigenvalue weighted by molar-refractivity contribution is 5.90. The Labute approximate surface area is 167 Å². The molecule has 1 saturated carbocycles. The van der Waals surface area contributed by atoms with Crippen LogP contribution in [0.5, 0.6) is 5.75 Å². The quantitative estimate of drug-likeness (QED) is 0.753. The van der Waals surface area contributed by atoms with E-state index >= 15 is 0 Å². The summed E-state index contributed by atoms with van der Waals surface area (Å²) in [6, 6.07) is 7.53. The van der Waals surface area contributed by atoms with Crippen molar-refractivity contribution in [3.63, 3.8) is 0 Å². The largest absolute Gasteiger partial charge is 0.497 e. The van der Waals surface area contributed by atoms with Crippen LogP contribution in [0.25, 0.3) is 0 Å². The van der Waals surface area contributed by atoms with Gasteiger partial charge in [-0.2, -0.15) is 0 Å². The third kappa shape index (κ3) is 4.66. The molecular formula is C22H32N2O4. The lowest BCUT2D eigenvalue weighted by atomic mass is 9.90. The Bertz CT molecular complexity index is 668. The van der Waals surface area contributed by atoms with E-state index in [1.54, 1.807) is 7.11 Å². The van der Waals surface area contributed by atoms with Crippen molar-refractivity contribution in [3.8, 4) is 5.75 Å². The van der Waals surface area contributed by atoms with Gasteiger partial charge in [-0.3, -0.25) is 9.59 Å². The van der Waals surface area contributed by atoms with Gasteiger partial charge in [-0.15, -0.1) is 0 Å². The number of nitrogens with zero attached hydrogens (tertiary/aromatic N) is 1. The Hall–Kier alpha value is -2.08. The zero-order valence-electron chi connectivity index (χ0n) is 16.9. The highest BCUT2D eigenvalue weighted by Crippen LogP contribution is 2.39. The van der Waals surface area contributed by atoms with E-state index in [-0.39, 0.29) is 42.3 Å². The fourth-order valence-electron chi connectivity index (χ4n) is 4.36. The van der Waals surface area contributed by atoms with Gasteiger partial charge >= 0.3 is 0 Å². The van der Waals surface area contributed by atoms with Gasteiger partial charge in [0, 0.05) is 19.0 Å². The van der Waals surface area contributed by atoms with Gasteiger partial charge in [-0.05, 0) is 49.8 Å². The summed E-state index contributed by atoms with van der Waals surface area (Å²) in [5.74, 6) is 0.377. The lowest BCUT2D eigenvalue weighted by molar-refractivity contribution is -0.129. The lowest BCUT2D eigenvalue weighted by Crippen LogP contribution is -2.43. The molecule has 1 aliphatic carbocycles. The first-order valence-electron chi connectivity index (χ1n) is 10.4. The molecule has 154 valence electrons. The van der Waals surface area contributed by atoms with Crippen LogP contribution in [0.15, 0.2) is 24.3 Å². The smallest absolute Gasteiger partial charge is 0.226 e. The van der Waals surface area contributed by atoms with Gasteiger partial charge in [0.05, 0.1) is 25.2 Å². The minimum atomic E-state index is -0.385. The average molecular weight is 389 g/mol. The van der Waals surface area contributed by atoms with E-state index in [9.17, 15) is 14.7 Å². The molecular weight excluding hydrogens is 356 g/mol. The Kier molecular flexibility index (Phi) is 6.94. The number of unbranched alkanes of at least 4 members (excludes halogenated alkanes) is 1. The minimum Gasteiger partial charge on any atom is -0.497 e. The van der Waals surface area contributed by atoms with Crippen molar-refractivity contribution in [1.82, 2.24) is 10.2 Å². The van der Waals surface area contributed by atoms with Crippen LogP contribution >= 0.6 is 0 Å². The van der Waals surface area contributed by atoms with Gasteiger partial charge in [0.25, 0.3) is 0 Å². The minimum absolute atomic E-state index is 0.0467. The number of likely N-dealkylation sites (tertiary alicyclic amines) is 1. The van der Waals surface area contributed by atoms with Gasteiger partial charge in [-0.25, -0.2) is 0 Å². The lowest BCUT2D eigenvalue weighted by Gasteiger charge is -2.31. The van der Waals surface area contributed by atoms with E-state index in [4.69, 9.17) is 4.74 Å². The number of carbonyl (C=O) groups excluding carboxylic acids is 2. The zero-order chi connectivity index (χ0) is 20.1. The first-order valence-corrected chi connectivity index (χ1v) is 10.4. The molecule has 0 spiro atoms. The number of benzene rings is 1. The van der Waals surface area contributed by atoms with Crippen LogP contribution in [0.2, 0.25) is 0 Å². The maximum absolute atomic E-state index is 13.1. The Morgan fingerprint density at radius 2 is 1.89 bits per heavy atom. The van der Waals surface area contributed by atoms with Crippen molar-refractivity contribution in [1.29, 1.82) is 0 Å². The summed E-state index contributed by atoms with van der Waals surface area (Å²) in [5.41, 5.74) is 0.974. The number of nitrogens with one attached hydrogen (secondary N) is 1. The molecule has 1 aliphatic heterocycles. The second kappa shape index (κ2) is 9.41. The van der Waals surface area contributed by atoms with E-state index in [1.165, 1.54) is 0 Å². The van der Waals surface area contributed by atoms with Gasteiger partial charge in [-0.1, -0.05) is 25.5 Å². The monoisotopic (exact) mass is 388 g/mol. The molecule has 2 amide bonds. The molecule has 6 heteroatoms. The van der Waals surface area contributed by atoms with Gasteiger partial charge in [0.1, 0.15) is 5.75 Å². The van der Waals surface area contributed by atoms with E-state index < -0.39 is 0 Å². The maximum atomic E-state index is 13.1. The normalized spacial score (nSPS) is 27.7. The van der Waals surface area contributed by atoms with Crippen molar-refractivity contribution < 1.29 is 19.4 Å². The second-order valence-electron chi connectivity index (χ2n) is 7.98. The number of hydrogen-bond acceptors (Lipinski definition) is 4. The van der Waals surface area contributed by atoms with E-state index in [1.807, 2.05) is 29.2 Å². The van der Waals surface area contributed by atoms with Crippen LogP contribution in [-0.2, 0) is 9.59 Å². The Morgan fingerprint density at radius 1 is 1.21 bits per heavy atom. The summed E-state index contributed by atoms with van der Waals surface area (Å²) >= 11 is 0. The van der Waals surface area contributed by atoms with E-state index in [0.717, 1.165) is 49.8 Å². The average Bonchev–Trinajstić information content (AvgIpc) is 3.04. The molecule has 28 heavy (non-hydrogen) atoms. The molecule has 1 aromatic rings. The van der Waals surface area contributed by atoms with Crippen LogP contribution in [0.4, 0.5) is 0 Å². The molecule has 2 atom stereocenters. The molecule has 2 N–H and O–H groups in total. The summed E-state index contributed by atoms with van der Waals surface area (Å²) in [6.45, 7) is 2.77. The molecule has 0 bridgehead atoms. The molecule has 0 aromatic heterocycles. The number of carbonyl (C=O) groups is 2. The Morgan fingerprint density at radius 3 is 2.50 bits per heavy atom. The third-order valence-corrected chi connectivity index (χ3v) is 6.02. The van der Waals surface area contributed by atoms with Crippen LogP contribution in [0, 0.1) is 5.92 Å². The number of rotatable bonds is 7. The second-order valence-corrected chi connectivity index (χ2v) is 7.98. The molecule has 2 fully saturated rings. The highest BCUT2D eigenvalue weighted by Gasteiger charge is 2.44. The first-order chi connectivity index (χ1) is 13.5. The Balaban J connectivity index is 1.78. The number of amides is 2. The summed E-state index contributed by atoms with van der Waals surface area (Å²) < 4.78 is 5.25. The number of ether oxygens (including phenoxy) is 1. The van der Waals surface area contributed by atoms with Crippen molar-refractivity contribution in [2.45, 2.75) is 70.1 Å². The molecule has 6 nitrogen and oxygen atoms in total. The standard InChI is InChI=1S/C22H32N2O4/c1-3-4-13-24-20(26)14-19(21(24)15-5-11-18(28-2)12-6-15)22(27)23-16-7-9-17(25)10-8-16/h5-6,11-12,16-17,19,21,25H,3-4,7-10,13-14H2,1-2H3,(H,23,27). The predicted octanol–water partition coefficient (Wildman–Crippen LogP) is 2.80. The van der Waals surface area contributed by atoms with Crippen molar-refractivity contribution >= 4 is 11.8 Å². The zero-order valence-corrected chi connectivity index (χ0v) is 16.9. The van der Waals surface area contributed by atoms with Crippen LogP contribution in [-0.4, -0.2) is 47.6 Å². The van der Waals surface area contributed by atoms with Crippen molar-refractivity contribution in [2.75, 3.05) is 13.7 Å². The van der Waals surface area contributed by atoms with Gasteiger partial charge in [0.2, 0.25) is 11.8 Å². The van der Waals surface area contributed by atoms with Crippen molar-refractivity contribution in [3.05, 3.63) is 29.8 Å². The molecule has 2 aliphatic rings. The fraction of sp³-hybridized carbons (Fsp3) is 0.636. The molecule has 2 unspecified atom stereocenters. The SMILES string of the molecule is CCCCN1C(=O)CC(C(=O)NC2CCC(O)CC2)C1c1ccc(OC)cc1. The number of methoxy groups -OCH3 is 1. The van der Waals surface area contributed by atoms with E-state index in [0.29, 0.717) is 6.54 Å². The van der Waals surface area contributed by atoms with Gasteiger partial charge < -0.3 is 20.1 Å². The number of hydrogen-bond donors (Lipinski definition) is 2. The van der Waals surface area contributed by atoms with Crippen molar-refractivity contribution in [2.24, 2.45) is 5.92 Å². The summed E-state index contributed by atoms with van der Waals surface area (Å²) in [4.78, 5) is 27.7. The molecule has 0 radical (unpaired) electrons. The third-order valence-electron chi connectivity index (χ3n) is 6.02. The van der Waals surface area contributed by atoms with Gasteiger partial charge in [0.15, 0.2) is 0 Å². The first kappa shape index (κ1) is 20.6. The van der Waals surface area contributed by atoms with Crippen LogP contribution in [0.1, 0.15) is 63.5 Å². The van der Waals surface area contributed by atoms with E-state index in [2.05, 4.69) is 12.2 Å². The molecule has 1 aromatic carbocycles. The predicted molar refractivity (Wildman–Crippen MR) is 107 cm³/mol. The molecule has 1 saturated heterocycles. The maximum Gasteiger partial charge on any atom is 0.226 e. The fourth-order valence-corrected chi connectivity index (χ4v) is 4.36. The summed E-state index contributed by atoms with van der Waals surface area (Å²) in [5, 5.41) is 12.8.